The first-order valence-electron chi connectivity index (χ1n) is 2.86. The van der Waals surface area contributed by atoms with Gasteiger partial charge in [-0.3, -0.25) is 4.55 Å². The fraction of sp³-hybridized carbons (Fsp3) is 0.200. The normalized spacial score (nSPS) is 12.9. The lowest BCUT2D eigenvalue weighted by atomic mass is 10.5. The van der Waals surface area contributed by atoms with Crippen LogP contribution in [-0.2, 0) is 15.6 Å². The number of rotatable bonds is 3. The van der Waals surface area contributed by atoms with E-state index in [4.69, 9.17) is 4.55 Å². The highest BCUT2D eigenvalue weighted by Gasteiger charge is 2.03. The molecular weight excluding hydrogens is 168 g/mol. The molecule has 0 aliphatic heterocycles. The summed E-state index contributed by atoms with van der Waals surface area (Å²) in [5.74, 6) is 0. The maximum atomic E-state index is 10.1. The predicted molar refractivity (Wildman–Crippen MR) is 41.1 cm³/mol. The molecule has 0 aliphatic rings. The van der Waals surface area contributed by atoms with Crippen LogP contribution in [0.25, 0.3) is 0 Å². The van der Waals surface area contributed by atoms with Gasteiger partial charge in [0.25, 0.3) is 0 Å². The van der Waals surface area contributed by atoms with Crippen molar-refractivity contribution in [3.05, 3.63) is 18.5 Å². The second kappa shape index (κ2) is 3.51. The molecule has 1 aromatic heterocycles. The summed E-state index contributed by atoms with van der Waals surface area (Å²) in [6, 6.07) is 1.72. The van der Waals surface area contributed by atoms with Crippen LogP contribution in [0.1, 0.15) is 0 Å². The fourth-order valence-electron chi connectivity index (χ4n) is 0.650. The Morgan fingerprint density at radius 1 is 1.82 bits per heavy atom. The van der Waals surface area contributed by atoms with Crippen LogP contribution in [0.15, 0.2) is 18.5 Å². The van der Waals surface area contributed by atoms with Gasteiger partial charge in [0.2, 0.25) is 0 Å². The van der Waals surface area contributed by atoms with Gasteiger partial charge < -0.3 is 4.98 Å². The van der Waals surface area contributed by atoms with Gasteiger partial charge in [-0.15, -0.1) is 4.28 Å². The lowest BCUT2D eigenvalue weighted by molar-refractivity contribution is 0.295. The van der Waals surface area contributed by atoms with Crippen LogP contribution in [-0.4, -0.2) is 20.8 Å². The minimum Gasteiger partial charge on any atom is -0.366 e. The number of nitrogens with one attached hydrogen (secondary N) is 1. The molecule has 1 atom stereocenters. The third kappa shape index (κ3) is 2.34. The summed E-state index contributed by atoms with van der Waals surface area (Å²) in [6.07, 6.45) is 3.34. The number of hydroxylamine groups is 1. The van der Waals surface area contributed by atoms with Gasteiger partial charge in [0, 0.05) is 19.4 Å². The van der Waals surface area contributed by atoms with Crippen molar-refractivity contribution >= 4 is 17.0 Å². The highest BCUT2D eigenvalue weighted by atomic mass is 32.2. The first kappa shape index (κ1) is 8.25. The molecule has 0 saturated carbocycles. The number of hydrogen-bond donors (Lipinski definition) is 2. The lowest BCUT2D eigenvalue weighted by Gasteiger charge is -2.11. The van der Waals surface area contributed by atoms with Gasteiger partial charge in [-0.1, -0.05) is 0 Å². The third-order valence-electron chi connectivity index (χ3n) is 1.12. The standard InChI is InChI=1S/C5H8N2O3S/c1-7(10-11(8)9)5-2-3-6-4-5/h2-4,6H,1H3,(H,8,9). The van der Waals surface area contributed by atoms with Gasteiger partial charge in [-0.2, -0.15) is 4.21 Å². The van der Waals surface area contributed by atoms with Gasteiger partial charge in [0.1, 0.15) is 0 Å². The average Bonchev–Trinajstić information content (AvgIpc) is 2.35. The highest BCUT2D eigenvalue weighted by molar-refractivity contribution is 7.74. The molecule has 1 aromatic rings. The maximum absolute atomic E-state index is 10.1. The number of H-pyrrole nitrogens is 1. The number of nitrogens with zero attached hydrogens (tertiary/aromatic N) is 1. The Morgan fingerprint density at radius 3 is 3.00 bits per heavy atom. The van der Waals surface area contributed by atoms with Gasteiger partial charge in [-0.25, -0.2) is 5.06 Å². The summed E-state index contributed by atoms with van der Waals surface area (Å²) in [7, 11) is 1.54. The topological polar surface area (TPSA) is 65.6 Å². The van der Waals surface area contributed by atoms with Gasteiger partial charge in [-0.05, 0) is 6.07 Å². The van der Waals surface area contributed by atoms with Gasteiger partial charge >= 0.3 is 11.4 Å². The molecule has 0 bridgehead atoms. The lowest BCUT2D eigenvalue weighted by Crippen LogP contribution is -2.18. The summed E-state index contributed by atoms with van der Waals surface area (Å²) in [6.45, 7) is 0. The van der Waals surface area contributed by atoms with E-state index in [-0.39, 0.29) is 0 Å². The molecule has 0 fully saturated rings. The fourth-order valence-corrected chi connectivity index (χ4v) is 0.927. The van der Waals surface area contributed by atoms with Crippen molar-refractivity contribution in [3.8, 4) is 0 Å². The van der Waals surface area contributed by atoms with E-state index in [0.717, 1.165) is 0 Å². The minimum atomic E-state index is -2.27. The largest absolute Gasteiger partial charge is 0.366 e. The molecule has 0 saturated heterocycles. The van der Waals surface area contributed by atoms with Crippen molar-refractivity contribution in [2.75, 3.05) is 12.1 Å². The Labute approximate surface area is 66.4 Å². The van der Waals surface area contributed by atoms with E-state index in [2.05, 4.69) is 9.27 Å². The Kier molecular flexibility index (Phi) is 2.64. The number of aromatic nitrogens is 1. The quantitative estimate of drug-likeness (QED) is 0.520. The third-order valence-corrected chi connectivity index (χ3v) is 1.47. The van der Waals surface area contributed by atoms with Crippen LogP contribution in [0.2, 0.25) is 0 Å². The zero-order chi connectivity index (χ0) is 8.27. The van der Waals surface area contributed by atoms with E-state index >= 15 is 0 Å². The molecule has 11 heavy (non-hydrogen) atoms. The van der Waals surface area contributed by atoms with Crippen molar-refractivity contribution in [2.45, 2.75) is 0 Å². The number of anilines is 1. The van der Waals surface area contributed by atoms with Crippen LogP contribution in [0, 0.1) is 0 Å². The second-order valence-electron chi connectivity index (χ2n) is 1.86. The van der Waals surface area contributed by atoms with E-state index in [1.807, 2.05) is 0 Å². The SMILES string of the molecule is CN(OS(=O)O)c1cc[nH]c1. The summed E-state index contributed by atoms with van der Waals surface area (Å²) in [5, 5.41) is 1.20. The van der Waals surface area contributed by atoms with E-state index in [1.54, 1.807) is 18.5 Å². The first-order chi connectivity index (χ1) is 5.20. The van der Waals surface area contributed by atoms with Crippen LogP contribution < -0.4 is 5.06 Å². The molecule has 5 nitrogen and oxygen atoms in total. The van der Waals surface area contributed by atoms with E-state index < -0.39 is 11.4 Å². The van der Waals surface area contributed by atoms with E-state index in [9.17, 15) is 4.21 Å². The first-order valence-corrected chi connectivity index (χ1v) is 3.89. The summed E-state index contributed by atoms with van der Waals surface area (Å²) >= 11 is -2.27. The maximum Gasteiger partial charge on any atom is 0.325 e. The monoisotopic (exact) mass is 176 g/mol. The molecule has 62 valence electrons. The molecule has 0 radical (unpaired) electrons. The molecule has 6 heteroatoms. The van der Waals surface area contributed by atoms with Crippen LogP contribution in [0.4, 0.5) is 5.69 Å². The molecule has 0 spiro atoms. The summed E-state index contributed by atoms with van der Waals surface area (Å²) < 4.78 is 22.9. The molecule has 1 unspecified atom stereocenters. The van der Waals surface area contributed by atoms with Crippen molar-refractivity contribution in [1.82, 2.24) is 4.98 Å². The smallest absolute Gasteiger partial charge is 0.325 e. The Balaban J connectivity index is 2.56. The van der Waals surface area contributed by atoms with E-state index in [0.29, 0.717) is 5.69 Å². The Morgan fingerprint density at radius 2 is 2.55 bits per heavy atom. The molecule has 1 rings (SSSR count). The van der Waals surface area contributed by atoms with Crippen molar-refractivity contribution in [2.24, 2.45) is 0 Å². The molecular formula is C5H8N2O3S. The van der Waals surface area contributed by atoms with Gasteiger partial charge in [0.05, 0.1) is 5.69 Å². The molecule has 0 amide bonds. The molecule has 0 aliphatic carbocycles. The average molecular weight is 176 g/mol. The molecule has 2 N–H and O–H groups in total. The van der Waals surface area contributed by atoms with Gasteiger partial charge in [0.15, 0.2) is 0 Å². The van der Waals surface area contributed by atoms with Crippen molar-refractivity contribution < 1.29 is 13.0 Å². The van der Waals surface area contributed by atoms with Crippen molar-refractivity contribution in [1.29, 1.82) is 0 Å². The Hall–Kier alpha value is -0.850. The molecule has 1 heterocycles. The minimum absolute atomic E-state index is 0.687. The Bertz CT molecular complexity index is 236. The number of aromatic amines is 1. The van der Waals surface area contributed by atoms with E-state index in [1.165, 1.54) is 12.1 Å². The molecule has 0 aromatic carbocycles. The second-order valence-corrected chi connectivity index (χ2v) is 2.44. The summed E-state index contributed by atoms with van der Waals surface area (Å²) in [5.41, 5.74) is 0.687. The van der Waals surface area contributed by atoms with Crippen LogP contribution in [0.5, 0.6) is 0 Å². The van der Waals surface area contributed by atoms with Crippen LogP contribution in [0.3, 0.4) is 0 Å². The zero-order valence-electron chi connectivity index (χ0n) is 5.85. The zero-order valence-corrected chi connectivity index (χ0v) is 6.67. The van der Waals surface area contributed by atoms with Crippen molar-refractivity contribution in [3.63, 3.8) is 0 Å². The predicted octanol–water partition coefficient (Wildman–Crippen LogP) is 0.519. The number of hydrogen-bond acceptors (Lipinski definition) is 3. The van der Waals surface area contributed by atoms with Crippen LogP contribution >= 0.6 is 0 Å². The highest BCUT2D eigenvalue weighted by Crippen LogP contribution is 2.10. The summed E-state index contributed by atoms with van der Waals surface area (Å²) in [4.78, 5) is 2.78.